The van der Waals surface area contributed by atoms with Crippen LogP contribution in [-0.4, -0.2) is 32.5 Å². The summed E-state index contributed by atoms with van der Waals surface area (Å²) in [6.45, 7) is 1.43. The van der Waals surface area contributed by atoms with Gasteiger partial charge in [0.25, 0.3) is 0 Å². The van der Waals surface area contributed by atoms with Crippen LogP contribution < -0.4 is 10.6 Å². The van der Waals surface area contributed by atoms with Crippen molar-refractivity contribution < 1.29 is 14.0 Å². The quantitative estimate of drug-likeness (QED) is 0.307. The van der Waals surface area contributed by atoms with Gasteiger partial charge < -0.3 is 15.6 Å². The summed E-state index contributed by atoms with van der Waals surface area (Å²) in [5.41, 5.74) is 4.39. The third-order valence-corrected chi connectivity index (χ3v) is 5.40. The molecule has 0 fully saturated rings. The number of aromatic amines is 1. The minimum absolute atomic E-state index is 0.156. The number of rotatable bonds is 6. The molecule has 4 rings (SSSR count). The second kappa shape index (κ2) is 8.97. The first-order valence-corrected chi connectivity index (χ1v) is 10.4. The highest BCUT2D eigenvalue weighted by molar-refractivity contribution is 8.00. The summed E-state index contributed by atoms with van der Waals surface area (Å²) in [6, 6.07) is 13.1. The molecule has 31 heavy (non-hydrogen) atoms. The van der Waals surface area contributed by atoms with Crippen molar-refractivity contribution in [2.75, 3.05) is 16.4 Å². The number of aromatic nitrogens is 3. The van der Waals surface area contributed by atoms with Gasteiger partial charge in [-0.15, -0.1) is 0 Å². The molecule has 3 N–H and O–H groups in total. The fourth-order valence-electron chi connectivity index (χ4n) is 3.05. The second-order valence-corrected chi connectivity index (χ2v) is 7.67. The Labute approximate surface area is 181 Å². The number of amides is 2. The largest absolute Gasteiger partial charge is 0.357 e. The Morgan fingerprint density at radius 3 is 2.35 bits per heavy atom. The van der Waals surface area contributed by atoms with E-state index in [1.807, 2.05) is 0 Å². The van der Waals surface area contributed by atoms with Crippen LogP contribution in [0.15, 0.2) is 66.1 Å². The van der Waals surface area contributed by atoms with Gasteiger partial charge in [0.15, 0.2) is 0 Å². The average molecular weight is 435 g/mol. The van der Waals surface area contributed by atoms with Gasteiger partial charge in [-0.3, -0.25) is 9.59 Å². The molecule has 9 heteroatoms. The fourth-order valence-corrected chi connectivity index (χ4v) is 3.81. The van der Waals surface area contributed by atoms with E-state index in [2.05, 4.69) is 25.6 Å². The van der Waals surface area contributed by atoms with Crippen LogP contribution in [-0.2, 0) is 9.59 Å². The molecule has 0 unspecified atom stereocenters. The maximum atomic E-state index is 13.2. The number of fused-ring (bicyclic) bond motifs is 1. The van der Waals surface area contributed by atoms with Crippen LogP contribution in [0.3, 0.4) is 0 Å². The first-order valence-electron chi connectivity index (χ1n) is 9.38. The van der Waals surface area contributed by atoms with Crippen molar-refractivity contribution >= 4 is 46.0 Å². The van der Waals surface area contributed by atoms with Crippen molar-refractivity contribution in [1.29, 1.82) is 0 Å². The number of carbonyl (C=O) groups is 2. The molecule has 0 bridgehead atoms. The normalized spacial score (nSPS) is 10.8. The molecular formula is C22H18FN5O2S. The molecule has 156 valence electrons. The van der Waals surface area contributed by atoms with Crippen molar-refractivity contribution in [2.24, 2.45) is 0 Å². The molecule has 0 aliphatic heterocycles. The molecule has 7 nitrogen and oxygen atoms in total. The molecule has 4 aromatic rings. The molecule has 0 radical (unpaired) electrons. The predicted octanol–water partition coefficient (Wildman–Crippen LogP) is 4.45. The lowest BCUT2D eigenvalue weighted by molar-refractivity contribution is -0.114. The van der Waals surface area contributed by atoms with Gasteiger partial charge in [-0.25, -0.2) is 14.4 Å². The second-order valence-electron chi connectivity index (χ2n) is 6.71. The first kappa shape index (κ1) is 20.5. The Kier molecular flexibility index (Phi) is 5.94. The average Bonchev–Trinajstić information content (AvgIpc) is 3.19. The number of benzene rings is 2. The van der Waals surface area contributed by atoms with Gasteiger partial charge in [-0.05, 0) is 42.0 Å². The maximum Gasteiger partial charge on any atom is 0.234 e. The molecule has 0 aliphatic carbocycles. The molecule has 0 aliphatic rings. The van der Waals surface area contributed by atoms with Gasteiger partial charge in [0.1, 0.15) is 22.7 Å². The molecule has 2 aromatic heterocycles. The zero-order valence-electron chi connectivity index (χ0n) is 16.5. The number of H-pyrrole nitrogens is 1. The zero-order chi connectivity index (χ0) is 21.8. The van der Waals surface area contributed by atoms with Crippen molar-refractivity contribution in [3.05, 3.63) is 66.9 Å². The highest BCUT2D eigenvalue weighted by atomic mass is 32.2. The van der Waals surface area contributed by atoms with Crippen molar-refractivity contribution in [3.63, 3.8) is 0 Å². The molecule has 2 amide bonds. The van der Waals surface area contributed by atoms with Crippen molar-refractivity contribution in [2.45, 2.75) is 11.9 Å². The maximum absolute atomic E-state index is 13.2. The van der Waals surface area contributed by atoms with Crippen LogP contribution in [0, 0.1) is 5.82 Å². The topological polar surface area (TPSA) is 99.8 Å². The highest BCUT2D eigenvalue weighted by Gasteiger charge is 2.14. The minimum atomic E-state index is -0.301. The lowest BCUT2D eigenvalue weighted by atomic mass is 10.1. The molecule has 2 aromatic carbocycles. The van der Waals surface area contributed by atoms with E-state index in [1.54, 1.807) is 42.6 Å². The van der Waals surface area contributed by atoms with E-state index in [1.165, 1.54) is 37.1 Å². The van der Waals surface area contributed by atoms with E-state index in [0.29, 0.717) is 21.9 Å². The van der Waals surface area contributed by atoms with Gasteiger partial charge in [-0.1, -0.05) is 23.9 Å². The molecule has 0 spiro atoms. The summed E-state index contributed by atoms with van der Waals surface area (Å²) in [4.78, 5) is 35.2. The van der Waals surface area contributed by atoms with Crippen LogP contribution in [0.4, 0.5) is 15.8 Å². The third kappa shape index (κ3) is 4.89. The number of nitrogens with zero attached hydrogens (tertiary/aromatic N) is 2. The van der Waals surface area contributed by atoms with Crippen LogP contribution >= 0.6 is 11.8 Å². The van der Waals surface area contributed by atoms with E-state index < -0.39 is 0 Å². The highest BCUT2D eigenvalue weighted by Crippen LogP contribution is 2.31. The number of hydrogen-bond acceptors (Lipinski definition) is 5. The standard InChI is InChI=1S/C22H18FN5O2S/c1-13(29)27-16-6-8-17(9-7-16)28-19(30)11-31-22-21-20(25-12-26-22)18(10-24-21)14-2-4-15(23)5-3-14/h2-10,12,24H,11H2,1H3,(H,27,29)(H,28,30). The van der Waals surface area contributed by atoms with E-state index >= 15 is 0 Å². The monoisotopic (exact) mass is 435 g/mol. The molecule has 2 heterocycles. The number of thioether (sulfide) groups is 1. The predicted molar refractivity (Wildman–Crippen MR) is 119 cm³/mol. The summed E-state index contributed by atoms with van der Waals surface area (Å²) < 4.78 is 13.2. The summed E-state index contributed by atoms with van der Waals surface area (Å²) in [5, 5.41) is 6.14. The molecule has 0 atom stereocenters. The molecular weight excluding hydrogens is 417 g/mol. The number of hydrogen-bond donors (Lipinski definition) is 3. The van der Waals surface area contributed by atoms with Gasteiger partial charge in [0.05, 0.1) is 11.3 Å². The Morgan fingerprint density at radius 2 is 1.68 bits per heavy atom. The first-order chi connectivity index (χ1) is 15.0. The fraction of sp³-hybridized carbons (Fsp3) is 0.0909. The van der Waals surface area contributed by atoms with Crippen molar-refractivity contribution in [1.82, 2.24) is 15.0 Å². The third-order valence-electron chi connectivity index (χ3n) is 4.41. The van der Waals surface area contributed by atoms with Gasteiger partial charge in [0, 0.05) is 30.1 Å². The minimum Gasteiger partial charge on any atom is -0.357 e. The van der Waals surface area contributed by atoms with Gasteiger partial charge >= 0.3 is 0 Å². The van der Waals surface area contributed by atoms with E-state index in [-0.39, 0.29) is 23.4 Å². The summed E-state index contributed by atoms with van der Waals surface area (Å²) in [5.74, 6) is -0.486. The Balaban J connectivity index is 1.43. The van der Waals surface area contributed by atoms with Crippen LogP contribution in [0.25, 0.3) is 22.2 Å². The van der Waals surface area contributed by atoms with Crippen molar-refractivity contribution in [3.8, 4) is 11.1 Å². The summed E-state index contributed by atoms with van der Waals surface area (Å²) in [7, 11) is 0. The SMILES string of the molecule is CC(=O)Nc1ccc(NC(=O)CSc2ncnc3c(-c4ccc(F)cc4)c[nH]c23)cc1. The van der Waals surface area contributed by atoms with Gasteiger partial charge in [0.2, 0.25) is 11.8 Å². The number of anilines is 2. The summed E-state index contributed by atoms with van der Waals surface area (Å²) in [6.07, 6.45) is 3.25. The van der Waals surface area contributed by atoms with E-state index in [4.69, 9.17) is 0 Å². The van der Waals surface area contributed by atoms with E-state index in [0.717, 1.165) is 16.6 Å². The molecule has 0 saturated carbocycles. The zero-order valence-corrected chi connectivity index (χ0v) is 17.3. The van der Waals surface area contributed by atoms with Crippen LogP contribution in [0.2, 0.25) is 0 Å². The number of halogens is 1. The smallest absolute Gasteiger partial charge is 0.234 e. The number of nitrogens with one attached hydrogen (secondary N) is 3. The summed E-state index contributed by atoms with van der Waals surface area (Å²) >= 11 is 1.29. The lowest BCUT2D eigenvalue weighted by Gasteiger charge is -2.07. The number of carbonyl (C=O) groups excluding carboxylic acids is 2. The molecule has 0 saturated heterocycles. The Morgan fingerprint density at radius 1 is 1.00 bits per heavy atom. The van der Waals surface area contributed by atoms with Crippen LogP contribution in [0.1, 0.15) is 6.92 Å². The Bertz CT molecular complexity index is 1240. The lowest BCUT2D eigenvalue weighted by Crippen LogP contribution is -2.14. The van der Waals surface area contributed by atoms with Gasteiger partial charge in [-0.2, -0.15) is 0 Å². The Hall–Kier alpha value is -3.72. The van der Waals surface area contributed by atoms with E-state index in [9.17, 15) is 14.0 Å². The van der Waals surface area contributed by atoms with Crippen LogP contribution in [0.5, 0.6) is 0 Å².